The van der Waals surface area contributed by atoms with Crippen molar-refractivity contribution < 1.29 is 9.90 Å². The summed E-state index contributed by atoms with van der Waals surface area (Å²) in [5, 5.41) is 9.15. The van der Waals surface area contributed by atoms with E-state index < -0.39 is 5.97 Å². The molecule has 0 heterocycles. The van der Waals surface area contributed by atoms with Gasteiger partial charge in [-0.15, -0.1) is 5.73 Å². The molecule has 0 amide bonds. The Bertz CT molecular complexity index is 438. The van der Waals surface area contributed by atoms with Crippen LogP contribution in [0.25, 0.3) is 0 Å². The van der Waals surface area contributed by atoms with Crippen molar-refractivity contribution in [3.05, 3.63) is 52.7 Å². The van der Waals surface area contributed by atoms with Gasteiger partial charge >= 0.3 is 5.97 Å². The minimum Gasteiger partial charge on any atom is -0.478 e. The zero-order valence-corrected chi connectivity index (χ0v) is 9.95. The third-order valence-electron chi connectivity index (χ3n) is 2.24. The molecule has 0 bridgehead atoms. The van der Waals surface area contributed by atoms with Crippen molar-refractivity contribution in [3.8, 4) is 0 Å². The molecule has 0 aliphatic carbocycles. The highest BCUT2D eigenvalue weighted by Gasteiger charge is 2.16. The molecule has 0 fully saturated rings. The largest absolute Gasteiger partial charge is 0.478 e. The fourth-order valence-electron chi connectivity index (χ4n) is 1.28. The summed E-state index contributed by atoms with van der Waals surface area (Å²) in [5.41, 5.74) is 3.45. The lowest BCUT2D eigenvalue weighted by Crippen LogP contribution is -2.12. The van der Waals surface area contributed by atoms with E-state index in [1.165, 1.54) is 0 Å². The molecule has 0 unspecified atom stereocenters. The zero-order valence-electron chi connectivity index (χ0n) is 9.20. The third kappa shape index (κ3) is 3.58. The summed E-state index contributed by atoms with van der Waals surface area (Å²) in [5.74, 6) is -0.997. The number of hydrogen-bond donors (Lipinski definition) is 1. The van der Waals surface area contributed by atoms with Gasteiger partial charge in [0.25, 0.3) is 0 Å². The molecule has 1 aromatic carbocycles. The Morgan fingerprint density at radius 1 is 1.38 bits per heavy atom. The van der Waals surface area contributed by atoms with Crippen molar-refractivity contribution in [2.45, 2.75) is 19.3 Å². The molecule has 0 spiro atoms. The van der Waals surface area contributed by atoms with E-state index >= 15 is 0 Å². The molecule has 0 aliphatic rings. The SMILES string of the molecule is CC(C)(C=C=CC(=O)O)c1ccc(Cl)cc1. The molecule has 0 saturated heterocycles. The Kier molecular flexibility index (Phi) is 3.94. The van der Waals surface area contributed by atoms with Gasteiger partial charge < -0.3 is 5.11 Å². The first-order valence-corrected chi connectivity index (χ1v) is 5.22. The number of halogens is 1. The lowest BCUT2D eigenvalue weighted by molar-refractivity contribution is -0.131. The van der Waals surface area contributed by atoms with Crippen LogP contribution in [0.2, 0.25) is 5.02 Å². The number of aliphatic carboxylic acids is 1. The van der Waals surface area contributed by atoms with Gasteiger partial charge in [-0.05, 0) is 23.8 Å². The van der Waals surface area contributed by atoms with Crippen LogP contribution in [0, 0.1) is 0 Å². The van der Waals surface area contributed by atoms with Gasteiger partial charge in [0.15, 0.2) is 0 Å². The van der Waals surface area contributed by atoms with Gasteiger partial charge in [0.2, 0.25) is 0 Å². The summed E-state index contributed by atoms with van der Waals surface area (Å²) in [7, 11) is 0. The van der Waals surface area contributed by atoms with Gasteiger partial charge in [0, 0.05) is 10.4 Å². The smallest absolute Gasteiger partial charge is 0.336 e. The van der Waals surface area contributed by atoms with Crippen LogP contribution in [0.3, 0.4) is 0 Å². The molecule has 1 aromatic rings. The van der Waals surface area contributed by atoms with Crippen LogP contribution in [-0.2, 0) is 10.2 Å². The van der Waals surface area contributed by atoms with E-state index in [2.05, 4.69) is 5.73 Å². The number of carbonyl (C=O) groups is 1. The number of rotatable bonds is 3. The van der Waals surface area contributed by atoms with E-state index in [1.807, 2.05) is 38.1 Å². The highest BCUT2D eigenvalue weighted by Crippen LogP contribution is 2.25. The topological polar surface area (TPSA) is 37.3 Å². The van der Waals surface area contributed by atoms with E-state index in [-0.39, 0.29) is 5.41 Å². The summed E-state index contributed by atoms with van der Waals surface area (Å²) in [4.78, 5) is 10.3. The lowest BCUT2D eigenvalue weighted by atomic mass is 9.85. The fraction of sp³-hybridized carbons (Fsp3) is 0.231. The summed E-state index contributed by atoms with van der Waals surface area (Å²) < 4.78 is 0. The number of hydrogen-bond acceptors (Lipinski definition) is 1. The van der Waals surface area contributed by atoms with Crippen LogP contribution < -0.4 is 0 Å². The molecular weight excluding hydrogens is 224 g/mol. The maximum absolute atomic E-state index is 10.3. The second kappa shape index (κ2) is 5.02. The number of carboxylic acid groups (broad SMARTS) is 1. The molecule has 0 radical (unpaired) electrons. The quantitative estimate of drug-likeness (QED) is 0.645. The van der Waals surface area contributed by atoms with Crippen LogP contribution in [0.15, 0.2) is 42.1 Å². The lowest BCUT2D eigenvalue weighted by Gasteiger charge is -2.19. The monoisotopic (exact) mass is 236 g/mol. The van der Waals surface area contributed by atoms with E-state index in [4.69, 9.17) is 16.7 Å². The summed E-state index contributed by atoms with van der Waals surface area (Å²) in [6.45, 7) is 3.97. The van der Waals surface area contributed by atoms with Crippen molar-refractivity contribution in [2.24, 2.45) is 0 Å². The maximum Gasteiger partial charge on any atom is 0.336 e. The van der Waals surface area contributed by atoms with E-state index in [0.29, 0.717) is 5.02 Å². The van der Waals surface area contributed by atoms with E-state index in [0.717, 1.165) is 11.6 Å². The maximum atomic E-state index is 10.3. The molecular formula is C13H13ClO2. The van der Waals surface area contributed by atoms with Crippen molar-refractivity contribution in [3.63, 3.8) is 0 Å². The predicted molar refractivity (Wildman–Crippen MR) is 64.8 cm³/mol. The molecule has 0 saturated carbocycles. The van der Waals surface area contributed by atoms with Gasteiger partial charge in [-0.3, -0.25) is 0 Å². The van der Waals surface area contributed by atoms with Crippen LogP contribution in [0.4, 0.5) is 0 Å². The van der Waals surface area contributed by atoms with Crippen LogP contribution in [0.1, 0.15) is 19.4 Å². The van der Waals surface area contributed by atoms with Gasteiger partial charge in [-0.1, -0.05) is 37.6 Å². The molecule has 0 aliphatic heterocycles. The Balaban J connectivity index is 2.97. The molecule has 1 rings (SSSR count). The average molecular weight is 237 g/mol. The summed E-state index contributed by atoms with van der Waals surface area (Å²) >= 11 is 5.80. The third-order valence-corrected chi connectivity index (χ3v) is 2.49. The second-order valence-corrected chi connectivity index (χ2v) is 4.46. The van der Waals surface area contributed by atoms with E-state index in [9.17, 15) is 4.79 Å². The van der Waals surface area contributed by atoms with E-state index in [1.54, 1.807) is 6.08 Å². The zero-order chi connectivity index (χ0) is 12.2. The molecule has 3 heteroatoms. The first-order valence-electron chi connectivity index (χ1n) is 4.84. The Morgan fingerprint density at radius 3 is 2.44 bits per heavy atom. The van der Waals surface area contributed by atoms with Gasteiger partial charge in [-0.2, -0.15) is 0 Å². The minimum absolute atomic E-state index is 0.267. The summed E-state index contributed by atoms with van der Waals surface area (Å²) in [6, 6.07) is 7.46. The average Bonchev–Trinajstić information content (AvgIpc) is 2.17. The van der Waals surface area contributed by atoms with Crippen LogP contribution in [-0.4, -0.2) is 11.1 Å². The molecule has 2 nitrogen and oxygen atoms in total. The molecule has 16 heavy (non-hydrogen) atoms. The molecule has 84 valence electrons. The normalized spacial score (nSPS) is 10.4. The number of benzene rings is 1. The second-order valence-electron chi connectivity index (χ2n) is 4.02. The Hall–Kier alpha value is -1.50. The van der Waals surface area contributed by atoms with Crippen molar-refractivity contribution >= 4 is 17.6 Å². The van der Waals surface area contributed by atoms with Gasteiger partial charge in [0.1, 0.15) is 0 Å². The molecule has 1 N–H and O–H groups in total. The first-order chi connectivity index (χ1) is 7.42. The minimum atomic E-state index is -0.997. The first kappa shape index (κ1) is 12.6. The summed E-state index contributed by atoms with van der Waals surface area (Å²) in [6.07, 6.45) is 2.72. The predicted octanol–water partition coefficient (Wildman–Crippen LogP) is 3.41. The fourth-order valence-corrected chi connectivity index (χ4v) is 1.41. The molecule has 0 aromatic heterocycles. The Labute approximate surface area is 99.9 Å². The standard InChI is InChI=1S/C13H13ClO2/c1-13(2,9-3-4-12(15)16)10-5-7-11(14)8-6-10/h4-9H,1-2H3,(H,15,16). The van der Waals surface area contributed by atoms with Crippen molar-refractivity contribution in [2.75, 3.05) is 0 Å². The highest BCUT2D eigenvalue weighted by atomic mass is 35.5. The van der Waals surface area contributed by atoms with Crippen molar-refractivity contribution in [1.82, 2.24) is 0 Å². The van der Waals surface area contributed by atoms with Gasteiger partial charge in [-0.25, -0.2) is 4.79 Å². The van der Waals surface area contributed by atoms with Crippen molar-refractivity contribution in [1.29, 1.82) is 0 Å². The highest BCUT2D eigenvalue weighted by molar-refractivity contribution is 6.30. The molecule has 0 atom stereocenters. The Morgan fingerprint density at radius 2 is 1.94 bits per heavy atom. The van der Waals surface area contributed by atoms with Crippen LogP contribution in [0.5, 0.6) is 0 Å². The van der Waals surface area contributed by atoms with Gasteiger partial charge in [0.05, 0.1) is 6.08 Å². The van der Waals surface area contributed by atoms with Crippen LogP contribution >= 0.6 is 11.6 Å². The number of carboxylic acids is 1.